The van der Waals surface area contributed by atoms with E-state index >= 15 is 0 Å². The van der Waals surface area contributed by atoms with Crippen LogP contribution in [-0.2, 0) is 11.2 Å². The number of aliphatic imine (C=N–C) groups is 1. The topological polar surface area (TPSA) is 109 Å². The van der Waals surface area contributed by atoms with E-state index in [4.69, 9.17) is 5.11 Å². The van der Waals surface area contributed by atoms with Gasteiger partial charge in [0.25, 0.3) is 0 Å². The zero-order valence-electron chi connectivity index (χ0n) is 11.2. The van der Waals surface area contributed by atoms with Crippen LogP contribution in [0.3, 0.4) is 0 Å². The van der Waals surface area contributed by atoms with Crippen molar-refractivity contribution in [2.75, 3.05) is 13.1 Å². The van der Waals surface area contributed by atoms with Crippen LogP contribution < -0.4 is 10.6 Å². The summed E-state index contributed by atoms with van der Waals surface area (Å²) >= 11 is 0. The number of nitrogens with zero attached hydrogens (tertiary/aromatic N) is 3. The molecule has 0 fully saturated rings. The second-order valence-electron chi connectivity index (χ2n) is 4.62. The highest BCUT2D eigenvalue weighted by atomic mass is 16.4. The van der Waals surface area contributed by atoms with E-state index in [2.05, 4.69) is 20.6 Å². The number of hydrogen-bond donors (Lipinski definition) is 3. The third-order valence-electron chi connectivity index (χ3n) is 2.90. The maximum atomic E-state index is 11.2. The molecule has 2 heterocycles. The Kier molecular flexibility index (Phi) is 4.34. The summed E-state index contributed by atoms with van der Waals surface area (Å²) in [4.78, 5) is 30.3. The minimum Gasteiger partial charge on any atom is -0.464 e. The van der Waals surface area contributed by atoms with E-state index < -0.39 is 6.09 Å². The summed E-state index contributed by atoms with van der Waals surface area (Å²) < 4.78 is 0.992. The predicted molar refractivity (Wildman–Crippen MR) is 71.9 cm³/mol. The van der Waals surface area contributed by atoms with E-state index in [0.717, 1.165) is 23.5 Å². The van der Waals surface area contributed by atoms with Crippen molar-refractivity contribution in [3.8, 4) is 0 Å². The summed E-state index contributed by atoms with van der Waals surface area (Å²) in [5.41, 5.74) is 0.616. The second kappa shape index (κ2) is 6.18. The summed E-state index contributed by atoms with van der Waals surface area (Å²) in [6.45, 7) is 3.01. The zero-order chi connectivity index (χ0) is 14.5. The minimum absolute atomic E-state index is 0.133. The molecule has 2 rings (SSSR count). The first-order valence-electron chi connectivity index (χ1n) is 6.35. The number of amides is 1. The Hall–Kier alpha value is -2.38. The lowest BCUT2D eigenvalue weighted by Crippen LogP contribution is -2.38. The van der Waals surface area contributed by atoms with Crippen LogP contribution in [0.2, 0.25) is 0 Å². The van der Waals surface area contributed by atoms with Crippen LogP contribution in [0.5, 0.6) is 0 Å². The third-order valence-corrected chi connectivity index (χ3v) is 2.90. The molecule has 8 nitrogen and oxygen atoms in total. The van der Waals surface area contributed by atoms with Crippen LogP contribution in [0.4, 0.5) is 4.79 Å². The van der Waals surface area contributed by atoms with Gasteiger partial charge in [-0.1, -0.05) is 0 Å². The van der Waals surface area contributed by atoms with Crippen molar-refractivity contribution in [1.82, 2.24) is 20.2 Å². The molecule has 0 saturated carbocycles. The Morgan fingerprint density at radius 3 is 2.90 bits per heavy atom. The molecule has 0 unspecified atom stereocenters. The summed E-state index contributed by atoms with van der Waals surface area (Å²) in [7, 11) is 0. The summed E-state index contributed by atoms with van der Waals surface area (Å²) in [5.74, 6) is 0.729. The molecule has 1 aromatic heterocycles. The van der Waals surface area contributed by atoms with E-state index in [1.54, 1.807) is 0 Å². The highest BCUT2D eigenvalue weighted by Gasteiger charge is 2.17. The van der Waals surface area contributed by atoms with Gasteiger partial charge in [-0.05, 0) is 0 Å². The fourth-order valence-electron chi connectivity index (χ4n) is 2.10. The number of carbonyl (C=O) groups is 2. The summed E-state index contributed by atoms with van der Waals surface area (Å²) in [6.07, 6.45) is 2.65. The maximum absolute atomic E-state index is 11.2. The van der Waals surface area contributed by atoms with Crippen molar-refractivity contribution in [1.29, 1.82) is 0 Å². The van der Waals surface area contributed by atoms with Gasteiger partial charge in [-0.25, -0.2) is 14.3 Å². The van der Waals surface area contributed by atoms with E-state index in [1.165, 1.54) is 19.4 Å². The molecule has 1 atom stereocenters. The molecule has 108 valence electrons. The largest absolute Gasteiger partial charge is 0.464 e. The van der Waals surface area contributed by atoms with Gasteiger partial charge in [0.2, 0.25) is 5.91 Å². The average molecular weight is 279 g/mol. The molecule has 1 aliphatic rings. The number of imidazole rings is 1. The van der Waals surface area contributed by atoms with Crippen molar-refractivity contribution in [3.63, 3.8) is 0 Å². The van der Waals surface area contributed by atoms with Crippen LogP contribution >= 0.6 is 0 Å². The number of carbonyl (C=O) groups excluding carboxylic acids is 1. The number of nitrogens with one attached hydrogen (secondary N) is 2. The molecule has 3 N–H and O–H groups in total. The second-order valence-corrected chi connectivity index (χ2v) is 4.62. The molecule has 1 aromatic rings. The third kappa shape index (κ3) is 3.81. The van der Waals surface area contributed by atoms with E-state index in [1.807, 2.05) is 0 Å². The molecule has 0 saturated heterocycles. The SMILES string of the molecule is CC(=O)N[C@H](CC1=NCCN1)Cc1cn(C(=O)O)cn1. The van der Waals surface area contributed by atoms with Crippen molar-refractivity contribution in [3.05, 3.63) is 18.2 Å². The Morgan fingerprint density at radius 1 is 1.55 bits per heavy atom. The standard InChI is InChI=1S/C12H17N5O3/c1-8(18)16-9(5-11-13-2-3-14-11)4-10-6-17(7-15-10)12(19)20/h6-7,9H,2-5H2,1H3,(H,13,14)(H,16,18)(H,19,20)/t9-/m0/s1. The summed E-state index contributed by atoms with van der Waals surface area (Å²) in [6, 6.07) is -0.158. The van der Waals surface area contributed by atoms with Crippen molar-refractivity contribution in [2.45, 2.75) is 25.8 Å². The molecule has 0 spiro atoms. The van der Waals surface area contributed by atoms with Gasteiger partial charge >= 0.3 is 6.09 Å². The molecule has 20 heavy (non-hydrogen) atoms. The van der Waals surface area contributed by atoms with Crippen LogP contribution in [0.1, 0.15) is 19.0 Å². The average Bonchev–Trinajstić information content (AvgIpc) is 2.99. The molecular formula is C12H17N5O3. The van der Waals surface area contributed by atoms with Crippen LogP contribution in [0, 0.1) is 0 Å². The maximum Gasteiger partial charge on any atom is 0.416 e. The Balaban J connectivity index is 2.01. The van der Waals surface area contributed by atoms with Gasteiger partial charge in [0.1, 0.15) is 6.33 Å². The first-order chi connectivity index (χ1) is 9.54. The highest BCUT2D eigenvalue weighted by Crippen LogP contribution is 2.06. The van der Waals surface area contributed by atoms with Gasteiger partial charge in [-0.15, -0.1) is 0 Å². The van der Waals surface area contributed by atoms with Gasteiger partial charge in [0, 0.05) is 38.5 Å². The molecule has 0 aliphatic carbocycles. The number of aromatic nitrogens is 2. The van der Waals surface area contributed by atoms with Gasteiger partial charge < -0.3 is 15.7 Å². The predicted octanol–water partition coefficient (Wildman–Crippen LogP) is -0.152. The van der Waals surface area contributed by atoms with Crippen molar-refractivity contribution >= 4 is 17.8 Å². The van der Waals surface area contributed by atoms with Gasteiger partial charge in [-0.2, -0.15) is 0 Å². The molecule has 0 aromatic carbocycles. The fourth-order valence-corrected chi connectivity index (χ4v) is 2.10. The first kappa shape index (κ1) is 14.0. The Labute approximate surface area is 115 Å². The molecule has 1 aliphatic heterocycles. The lowest BCUT2D eigenvalue weighted by atomic mass is 10.1. The normalized spacial score (nSPS) is 15.3. The lowest BCUT2D eigenvalue weighted by molar-refractivity contribution is -0.119. The number of hydrogen-bond acceptors (Lipinski definition) is 5. The monoisotopic (exact) mass is 279 g/mol. The molecule has 0 radical (unpaired) electrons. The minimum atomic E-state index is -1.08. The summed E-state index contributed by atoms with van der Waals surface area (Å²) in [5, 5.41) is 14.8. The molecule has 1 amide bonds. The van der Waals surface area contributed by atoms with Crippen LogP contribution in [0.25, 0.3) is 0 Å². The Bertz CT molecular complexity index is 537. The number of amidine groups is 1. The highest BCUT2D eigenvalue weighted by molar-refractivity contribution is 5.84. The van der Waals surface area contributed by atoms with Gasteiger partial charge in [-0.3, -0.25) is 9.79 Å². The van der Waals surface area contributed by atoms with E-state index in [-0.39, 0.29) is 11.9 Å². The van der Waals surface area contributed by atoms with Crippen LogP contribution in [0.15, 0.2) is 17.5 Å². The van der Waals surface area contributed by atoms with E-state index in [9.17, 15) is 9.59 Å². The molecule has 0 bridgehead atoms. The lowest BCUT2D eigenvalue weighted by Gasteiger charge is -2.17. The Morgan fingerprint density at radius 2 is 2.35 bits per heavy atom. The van der Waals surface area contributed by atoms with Crippen LogP contribution in [-0.4, -0.2) is 51.6 Å². The molecular weight excluding hydrogens is 262 g/mol. The van der Waals surface area contributed by atoms with E-state index in [0.29, 0.717) is 18.5 Å². The quantitative estimate of drug-likeness (QED) is 0.694. The molecule has 8 heteroatoms. The van der Waals surface area contributed by atoms with Gasteiger partial charge in [0.05, 0.1) is 18.1 Å². The number of rotatable bonds is 5. The smallest absolute Gasteiger partial charge is 0.416 e. The first-order valence-corrected chi connectivity index (χ1v) is 6.35. The zero-order valence-corrected chi connectivity index (χ0v) is 11.2. The van der Waals surface area contributed by atoms with Crippen molar-refractivity contribution in [2.24, 2.45) is 4.99 Å². The fraction of sp³-hybridized carbons (Fsp3) is 0.500. The van der Waals surface area contributed by atoms with Gasteiger partial charge in [0.15, 0.2) is 0 Å². The van der Waals surface area contributed by atoms with Crippen molar-refractivity contribution < 1.29 is 14.7 Å². The number of carboxylic acid groups (broad SMARTS) is 1.